The first kappa shape index (κ1) is 19.6. The number of hydrogen-bond donors (Lipinski definition) is 1. The Morgan fingerprint density at radius 2 is 1.84 bits per heavy atom. The molecular weight excluding hydrogens is 321 g/mol. The van der Waals surface area contributed by atoms with E-state index in [2.05, 4.69) is 5.32 Å². The lowest BCUT2D eigenvalue weighted by Crippen LogP contribution is -2.41. The van der Waals surface area contributed by atoms with Crippen molar-refractivity contribution in [1.29, 1.82) is 0 Å². The number of ether oxygens (including phenoxy) is 1. The fourth-order valence-corrected chi connectivity index (χ4v) is 2.26. The van der Waals surface area contributed by atoms with E-state index in [4.69, 9.17) is 18.5 Å². The summed E-state index contributed by atoms with van der Waals surface area (Å²) in [6.07, 6.45) is 4.62. The predicted molar refractivity (Wildman–Crippen MR) is 97.0 cm³/mol. The van der Waals surface area contributed by atoms with Gasteiger partial charge in [0, 0.05) is 12.1 Å². The molecule has 6 nitrogen and oxygen atoms in total. The number of hydrogen-bond acceptors (Lipinski definition) is 5. The summed E-state index contributed by atoms with van der Waals surface area (Å²) in [6, 6.07) is 1.83. The highest BCUT2D eigenvalue weighted by Gasteiger charge is 2.52. The largest absolute Gasteiger partial charge is 0.492 e. The Labute approximate surface area is 150 Å². The van der Waals surface area contributed by atoms with E-state index in [0.717, 1.165) is 11.0 Å². The fraction of sp³-hybridized carbons (Fsp3) is 0.611. The Balaban J connectivity index is 2.14. The highest BCUT2D eigenvalue weighted by molar-refractivity contribution is 6.56. The molecule has 0 spiro atoms. The first-order chi connectivity index (χ1) is 11.4. The molecular formula is C18H28BNO5. The monoisotopic (exact) mass is 349 g/mol. The number of amides is 1. The van der Waals surface area contributed by atoms with Gasteiger partial charge < -0.3 is 23.8 Å². The second kappa shape index (κ2) is 6.88. The van der Waals surface area contributed by atoms with Gasteiger partial charge in [-0.1, -0.05) is 6.08 Å². The van der Waals surface area contributed by atoms with Gasteiger partial charge in [-0.25, -0.2) is 4.79 Å². The number of rotatable bonds is 4. The summed E-state index contributed by atoms with van der Waals surface area (Å²) >= 11 is 0. The van der Waals surface area contributed by atoms with E-state index in [1.165, 1.54) is 0 Å². The molecule has 0 aliphatic carbocycles. The molecule has 1 aromatic rings. The maximum absolute atomic E-state index is 12.0. The summed E-state index contributed by atoms with van der Waals surface area (Å²) < 4.78 is 22.6. The summed E-state index contributed by atoms with van der Waals surface area (Å²) in [5.41, 5.74) is 0.183. The third kappa shape index (κ3) is 5.12. The Kier molecular flexibility index (Phi) is 5.39. The summed E-state index contributed by atoms with van der Waals surface area (Å²) in [4.78, 5) is 12.0. The van der Waals surface area contributed by atoms with Gasteiger partial charge in [-0.3, -0.25) is 0 Å². The Morgan fingerprint density at radius 3 is 2.32 bits per heavy atom. The van der Waals surface area contributed by atoms with Crippen molar-refractivity contribution < 1.29 is 23.3 Å². The van der Waals surface area contributed by atoms with Gasteiger partial charge in [0.15, 0.2) is 0 Å². The molecule has 25 heavy (non-hydrogen) atoms. The van der Waals surface area contributed by atoms with Crippen LogP contribution in [0.25, 0.3) is 6.08 Å². The highest BCUT2D eigenvalue weighted by atomic mass is 16.7. The molecule has 0 atom stereocenters. The van der Waals surface area contributed by atoms with Crippen LogP contribution in [0.5, 0.6) is 0 Å². The standard InChI is InChI=1S/C18H28BNO5/c1-16(2,3)23-15(21)20-11-14(10-13-8-9-22-12-13)19-24-17(4,5)18(6,7)25-19/h8-10,12H,11H2,1-7H3,(H,20,21). The van der Waals surface area contributed by atoms with Gasteiger partial charge in [0.1, 0.15) is 5.60 Å². The van der Waals surface area contributed by atoms with Gasteiger partial charge >= 0.3 is 13.2 Å². The van der Waals surface area contributed by atoms with Crippen LogP contribution in [0.2, 0.25) is 0 Å². The third-order valence-electron chi connectivity index (χ3n) is 4.29. The van der Waals surface area contributed by atoms with Crippen molar-refractivity contribution in [3.05, 3.63) is 29.6 Å². The smallest absolute Gasteiger partial charge is 0.472 e. The average molecular weight is 349 g/mol. The number of carbonyl (C=O) groups is 1. The lowest BCUT2D eigenvalue weighted by Gasteiger charge is -2.32. The van der Waals surface area contributed by atoms with Crippen LogP contribution >= 0.6 is 0 Å². The molecule has 0 saturated carbocycles. The number of furan rings is 1. The van der Waals surface area contributed by atoms with Gasteiger partial charge in [0.25, 0.3) is 0 Å². The Hall–Kier alpha value is -1.73. The maximum atomic E-state index is 12.0. The lowest BCUT2D eigenvalue weighted by molar-refractivity contribution is 0.00578. The van der Waals surface area contributed by atoms with E-state index < -0.39 is 30.0 Å². The molecule has 0 unspecified atom stereocenters. The van der Waals surface area contributed by atoms with Gasteiger partial charge in [-0.2, -0.15) is 0 Å². The van der Waals surface area contributed by atoms with E-state index in [9.17, 15) is 4.79 Å². The van der Waals surface area contributed by atoms with Crippen molar-refractivity contribution in [1.82, 2.24) is 5.32 Å². The van der Waals surface area contributed by atoms with Crippen molar-refractivity contribution in [2.75, 3.05) is 6.54 Å². The Morgan fingerprint density at radius 1 is 1.24 bits per heavy atom. The zero-order valence-corrected chi connectivity index (χ0v) is 16.1. The molecule has 0 radical (unpaired) electrons. The van der Waals surface area contributed by atoms with Gasteiger partial charge in [0.2, 0.25) is 0 Å². The molecule has 1 amide bonds. The molecule has 1 saturated heterocycles. The van der Waals surface area contributed by atoms with E-state index >= 15 is 0 Å². The molecule has 138 valence electrons. The topological polar surface area (TPSA) is 69.9 Å². The first-order valence-electron chi connectivity index (χ1n) is 8.45. The molecule has 2 rings (SSSR count). The minimum absolute atomic E-state index is 0.247. The maximum Gasteiger partial charge on any atom is 0.492 e. The molecule has 1 aliphatic rings. The summed E-state index contributed by atoms with van der Waals surface area (Å²) in [7, 11) is -0.560. The summed E-state index contributed by atoms with van der Waals surface area (Å²) in [6.45, 7) is 13.7. The SMILES string of the molecule is CC(C)(C)OC(=O)NCC(=Cc1ccoc1)B1OC(C)(C)C(C)(C)O1. The summed E-state index contributed by atoms with van der Waals surface area (Å²) in [5.74, 6) is 0. The molecule has 1 aliphatic heterocycles. The lowest BCUT2D eigenvalue weighted by atomic mass is 9.77. The van der Waals surface area contributed by atoms with Crippen LogP contribution in [0.1, 0.15) is 54.0 Å². The Bertz CT molecular complexity index is 612. The zero-order chi connectivity index (χ0) is 18.9. The van der Waals surface area contributed by atoms with Crippen molar-refractivity contribution in [3.63, 3.8) is 0 Å². The van der Waals surface area contributed by atoms with E-state index in [1.807, 2.05) is 60.6 Å². The zero-order valence-electron chi connectivity index (χ0n) is 16.1. The van der Waals surface area contributed by atoms with Gasteiger partial charge in [-0.15, -0.1) is 0 Å². The normalized spacial score (nSPS) is 19.8. The van der Waals surface area contributed by atoms with Crippen LogP contribution < -0.4 is 5.32 Å². The fourth-order valence-electron chi connectivity index (χ4n) is 2.26. The van der Waals surface area contributed by atoms with Crippen LogP contribution in [-0.4, -0.2) is 36.6 Å². The van der Waals surface area contributed by atoms with Crippen molar-refractivity contribution in [2.24, 2.45) is 0 Å². The second-order valence-electron chi connectivity index (χ2n) is 8.22. The van der Waals surface area contributed by atoms with Crippen LogP contribution in [0.4, 0.5) is 4.79 Å². The van der Waals surface area contributed by atoms with Crippen LogP contribution in [-0.2, 0) is 14.0 Å². The minimum atomic E-state index is -0.560. The quantitative estimate of drug-likeness (QED) is 0.837. The average Bonchev–Trinajstić information content (AvgIpc) is 2.99. The van der Waals surface area contributed by atoms with Crippen molar-refractivity contribution >= 4 is 19.3 Å². The molecule has 1 fully saturated rings. The van der Waals surface area contributed by atoms with Crippen molar-refractivity contribution in [3.8, 4) is 0 Å². The summed E-state index contributed by atoms with van der Waals surface area (Å²) in [5, 5.41) is 2.76. The third-order valence-corrected chi connectivity index (χ3v) is 4.29. The van der Waals surface area contributed by atoms with Crippen LogP contribution in [0, 0.1) is 0 Å². The predicted octanol–water partition coefficient (Wildman–Crippen LogP) is 3.82. The highest BCUT2D eigenvalue weighted by Crippen LogP contribution is 2.38. The van der Waals surface area contributed by atoms with Crippen LogP contribution in [0.15, 0.2) is 28.5 Å². The molecule has 1 N–H and O–H groups in total. The molecule has 2 heterocycles. The second-order valence-corrected chi connectivity index (χ2v) is 8.22. The molecule has 7 heteroatoms. The minimum Gasteiger partial charge on any atom is -0.472 e. The van der Waals surface area contributed by atoms with Crippen LogP contribution in [0.3, 0.4) is 0 Å². The molecule has 1 aromatic heterocycles. The van der Waals surface area contributed by atoms with E-state index in [-0.39, 0.29) is 6.54 Å². The van der Waals surface area contributed by atoms with Crippen molar-refractivity contribution in [2.45, 2.75) is 65.3 Å². The molecule has 0 aromatic carbocycles. The number of alkyl carbamates (subject to hydrolysis) is 1. The van der Waals surface area contributed by atoms with E-state index in [0.29, 0.717) is 0 Å². The van der Waals surface area contributed by atoms with Gasteiger partial charge in [-0.05, 0) is 60.0 Å². The number of nitrogens with one attached hydrogen (secondary N) is 1. The van der Waals surface area contributed by atoms with E-state index in [1.54, 1.807) is 12.5 Å². The first-order valence-corrected chi connectivity index (χ1v) is 8.45. The molecule has 0 bridgehead atoms. The number of carbonyl (C=O) groups excluding carboxylic acids is 1. The van der Waals surface area contributed by atoms with Gasteiger partial charge in [0.05, 0.1) is 23.7 Å².